The van der Waals surface area contributed by atoms with E-state index < -0.39 is 0 Å². The predicted molar refractivity (Wildman–Crippen MR) is 68.1 cm³/mol. The highest BCUT2D eigenvalue weighted by Gasteiger charge is 2.04. The highest BCUT2D eigenvalue weighted by Crippen LogP contribution is 2.32. The Morgan fingerprint density at radius 2 is 2.17 bits per heavy atom. The van der Waals surface area contributed by atoms with Gasteiger partial charge in [0, 0.05) is 6.07 Å². The summed E-state index contributed by atoms with van der Waals surface area (Å²) >= 11 is 1.37. The van der Waals surface area contributed by atoms with Gasteiger partial charge in [-0.25, -0.2) is 0 Å². The normalized spacial score (nSPS) is 11.0. The van der Waals surface area contributed by atoms with Gasteiger partial charge in [-0.15, -0.1) is 20.4 Å². The summed E-state index contributed by atoms with van der Waals surface area (Å²) in [5, 5.41) is 26.7. The molecule has 18 heavy (non-hydrogen) atoms. The van der Waals surface area contributed by atoms with Crippen molar-refractivity contribution in [3.8, 4) is 11.5 Å². The SMILES string of the molecule is CCc1nnc(N=Nc2cc(OC)ccc2O)s1. The average Bonchev–Trinajstić information content (AvgIpc) is 2.86. The number of methoxy groups -OCH3 is 1. The van der Waals surface area contributed by atoms with E-state index in [0.29, 0.717) is 16.6 Å². The predicted octanol–water partition coefficient (Wildman–Crippen LogP) is 3.23. The lowest BCUT2D eigenvalue weighted by molar-refractivity contribution is 0.412. The third-order valence-electron chi connectivity index (χ3n) is 2.18. The molecule has 1 aromatic heterocycles. The van der Waals surface area contributed by atoms with Gasteiger partial charge in [0.25, 0.3) is 5.13 Å². The number of aryl methyl sites for hydroxylation is 1. The van der Waals surface area contributed by atoms with Crippen LogP contribution in [-0.4, -0.2) is 22.4 Å². The molecule has 0 aliphatic heterocycles. The van der Waals surface area contributed by atoms with Crippen molar-refractivity contribution >= 4 is 22.2 Å². The molecule has 0 bridgehead atoms. The zero-order valence-electron chi connectivity index (χ0n) is 9.99. The standard InChI is InChI=1S/C11H12N4O2S/c1-3-10-13-15-11(18-10)14-12-8-6-7(17-2)4-5-9(8)16/h4-6,16H,3H2,1-2H3. The summed E-state index contributed by atoms with van der Waals surface area (Å²) in [4.78, 5) is 0. The molecule has 7 heteroatoms. The third kappa shape index (κ3) is 2.80. The van der Waals surface area contributed by atoms with E-state index in [-0.39, 0.29) is 5.75 Å². The minimum absolute atomic E-state index is 0.0415. The molecule has 0 saturated carbocycles. The smallest absolute Gasteiger partial charge is 0.251 e. The maximum atomic E-state index is 9.62. The van der Waals surface area contributed by atoms with Gasteiger partial charge in [-0.1, -0.05) is 18.3 Å². The van der Waals surface area contributed by atoms with Gasteiger partial charge in [-0.05, 0) is 18.6 Å². The monoisotopic (exact) mass is 264 g/mol. The van der Waals surface area contributed by atoms with Crippen LogP contribution in [0.15, 0.2) is 28.4 Å². The van der Waals surface area contributed by atoms with Crippen molar-refractivity contribution in [1.82, 2.24) is 10.2 Å². The van der Waals surface area contributed by atoms with Crippen LogP contribution in [0.3, 0.4) is 0 Å². The molecule has 0 radical (unpaired) electrons. The highest BCUT2D eigenvalue weighted by molar-refractivity contribution is 7.14. The summed E-state index contributed by atoms with van der Waals surface area (Å²) in [6.45, 7) is 2.00. The molecule has 0 atom stereocenters. The number of hydrogen-bond acceptors (Lipinski definition) is 7. The first kappa shape index (κ1) is 12.4. The number of azo groups is 1. The molecule has 6 nitrogen and oxygen atoms in total. The fourth-order valence-corrected chi connectivity index (χ4v) is 1.84. The number of benzene rings is 1. The van der Waals surface area contributed by atoms with Crippen LogP contribution in [0, 0.1) is 0 Å². The van der Waals surface area contributed by atoms with Gasteiger partial charge in [0.1, 0.15) is 22.2 Å². The van der Waals surface area contributed by atoms with Gasteiger partial charge in [-0.2, -0.15) is 0 Å². The Morgan fingerprint density at radius 3 is 2.83 bits per heavy atom. The molecular formula is C11H12N4O2S. The fourth-order valence-electron chi connectivity index (χ4n) is 1.23. The molecule has 1 aromatic carbocycles. The second-order valence-corrected chi connectivity index (χ2v) is 4.43. The zero-order chi connectivity index (χ0) is 13.0. The van der Waals surface area contributed by atoms with E-state index in [1.807, 2.05) is 6.92 Å². The largest absolute Gasteiger partial charge is 0.506 e. The summed E-state index contributed by atoms with van der Waals surface area (Å²) in [6, 6.07) is 4.75. The molecule has 1 heterocycles. The fraction of sp³-hybridized carbons (Fsp3) is 0.273. The maximum Gasteiger partial charge on any atom is 0.251 e. The van der Waals surface area contributed by atoms with Crippen LogP contribution in [0.2, 0.25) is 0 Å². The molecule has 1 N–H and O–H groups in total. The van der Waals surface area contributed by atoms with E-state index >= 15 is 0 Å². The van der Waals surface area contributed by atoms with E-state index in [9.17, 15) is 5.11 Å². The second kappa shape index (κ2) is 5.54. The first-order chi connectivity index (χ1) is 8.72. The van der Waals surface area contributed by atoms with Crippen molar-refractivity contribution in [2.24, 2.45) is 10.2 Å². The van der Waals surface area contributed by atoms with Crippen LogP contribution in [0.25, 0.3) is 0 Å². The summed E-state index contributed by atoms with van der Waals surface area (Å²) in [5.74, 6) is 0.646. The van der Waals surface area contributed by atoms with Crippen molar-refractivity contribution in [3.05, 3.63) is 23.2 Å². The molecule has 2 rings (SSSR count). The molecule has 0 amide bonds. The number of aromatic hydroxyl groups is 1. The number of phenolic OH excluding ortho intramolecular Hbond substituents is 1. The van der Waals surface area contributed by atoms with Crippen molar-refractivity contribution < 1.29 is 9.84 Å². The Hall–Kier alpha value is -2.02. The Bertz CT molecular complexity index is 568. The second-order valence-electron chi connectivity index (χ2n) is 3.39. The van der Waals surface area contributed by atoms with E-state index in [1.54, 1.807) is 19.2 Å². The molecule has 0 saturated heterocycles. The number of phenols is 1. The quantitative estimate of drug-likeness (QED) is 0.860. The number of hydrogen-bond donors (Lipinski definition) is 1. The molecule has 0 fully saturated rings. The molecule has 2 aromatic rings. The molecule has 94 valence electrons. The van der Waals surface area contributed by atoms with Crippen LogP contribution in [0.4, 0.5) is 10.8 Å². The van der Waals surface area contributed by atoms with Crippen LogP contribution in [0.1, 0.15) is 11.9 Å². The van der Waals surface area contributed by atoms with Crippen molar-refractivity contribution in [1.29, 1.82) is 0 Å². The minimum Gasteiger partial charge on any atom is -0.506 e. The lowest BCUT2D eigenvalue weighted by atomic mass is 10.3. The van der Waals surface area contributed by atoms with Crippen molar-refractivity contribution in [3.63, 3.8) is 0 Å². The van der Waals surface area contributed by atoms with Crippen molar-refractivity contribution in [2.45, 2.75) is 13.3 Å². The maximum absolute atomic E-state index is 9.62. The summed E-state index contributed by atoms with van der Waals surface area (Å²) in [6.07, 6.45) is 0.817. The zero-order valence-corrected chi connectivity index (χ0v) is 10.8. The first-order valence-electron chi connectivity index (χ1n) is 5.34. The molecular weight excluding hydrogens is 252 g/mol. The number of rotatable bonds is 4. The Morgan fingerprint density at radius 1 is 1.33 bits per heavy atom. The van der Waals surface area contributed by atoms with E-state index in [2.05, 4.69) is 20.4 Å². The summed E-state index contributed by atoms with van der Waals surface area (Å²) < 4.78 is 5.05. The van der Waals surface area contributed by atoms with Crippen LogP contribution >= 0.6 is 11.3 Å². The number of aromatic nitrogens is 2. The van der Waals surface area contributed by atoms with Gasteiger partial charge < -0.3 is 9.84 Å². The molecule has 0 aliphatic rings. The minimum atomic E-state index is 0.0415. The Labute approximate surface area is 108 Å². The average molecular weight is 264 g/mol. The summed E-state index contributed by atoms with van der Waals surface area (Å²) in [5.41, 5.74) is 0.336. The van der Waals surface area contributed by atoms with Crippen LogP contribution in [0.5, 0.6) is 11.5 Å². The van der Waals surface area contributed by atoms with E-state index in [4.69, 9.17) is 4.74 Å². The van der Waals surface area contributed by atoms with E-state index in [1.165, 1.54) is 17.4 Å². The van der Waals surface area contributed by atoms with Crippen molar-refractivity contribution in [2.75, 3.05) is 7.11 Å². The van der Waals surface area contributed by atoms with Gasteiger partial charge in [0.2, 0.25) is 0 Å². The molecule has 0 unspecified atom stereocenters. The Kier molecular flexibility index (Phi) is 3.83. The van der Waals surface area contributed by atoms with E-state index in [0.717, 1.165) is 11.4 Å². The van der Waals surface area contributed by atoms with Gasteiger partial charge in [0.15, 0.2) is 0 Å². The Balaban J connectivity index is 2.22. The lowest BCUT2D eigenvalue weighted by Crippen LogP contribution is -1.80. The highest BCUT2D eigenvalue weighted by atomic mass is 32.1. The number of nitrogens with zero attached hydrogens (tertiary/aromatic N) is 4. The van der Waals surface area contributed by atoms with Gasteiger partial charge in [-0.3, -0.25) is 0 Å². The lowest BCUT2D eigenvalue weighted by Gasteiger charge is -2.01. The molecule has 0 aliphatic carbocycles. The van der Waals surface area contributed by atoms with Crippen LogP contribution in [-0.2, 0) is 6.42 Å². The third-order valence-corrected chi connectivity index (χ3v) is 3.14. The topological polar surface area (TPSA) is 80.0 Å². The molecule has 0 spiro atoms. The first-order valence-corrected chi connectivity index (χ1v) is 6.15. The number of ether oxygens (including phenoxy) is 1. The van der Waals surface area contributed by atoms with Crippen LogP contribution < -0.4 is 4.74 Å². The van der Waals surface area contributed by atoms with Gasteiger partial charge in [0.05, 0.1) is 7.11 Å². The van der Waals surface area contributed by atoms with Gasteiger partial charge >= 0.3 is 0 Å². The summed E-state index contributed by atoms with van der Waals surface area (Å²) in [7, 11) is 1.55.